The van der Waals surface area contributed by atoms with Crippen molar-refractivity contribution in [2.24, 2.45) is 0 Å². The summed E-state index contributed by atoms with van der Waals surface area (Å²) in [4.78, 5) is 16.6. The Balaban J connectivity index is 1.69. The molecular formula is C21H20ClN3O2. The van der Waals surface area contributed by atoms with E-state index < -0.39 is 0 Å². The van der Waals surface area contributed by atoms with Crippen LogP contribution in [0.2, 0.25) is 5.02 Å². The van der Waals surface area contributed by atoms with Crippen molar-refractivity contribution in [2.45, 2.75) is 13.5 Å². The van der Waals surface area contributed by atoms with E-state index in [9.17, 15) is 4.79 Å². The van der Waals surface area contributed by atoms with Gasteiger partial charge in [0.1, 0.15) is 6.61 Å². The number of aromatic nitrogens is 1. The SMILES string of the molecule is CNc1ncc(Cl)cc1OCc1cccc(NC(=O)c2cccc(C)c2)c1. The smallest absolute Gasteiger partial charge is 0.255 e. The molecule has 138 valence electrons. The lowest BCUT2D eigenvalue weighted by Gasteiger charge is -2.12. The average molecular weight is 382 g/mol. The number of anilines is 2. The van der Waals surface area contributed by atoms with Crippen LogP contribution in [0.25, 0.3) is 0 Å². The molecule has 0 saturated heterocycles. The largest absolute Gasteiger partial charge is 0.485 e. The van der Waals surface area contributed by atoms with E-state index in [4.69, 9.17) is 16.3 Å². The van der Waals surface area contributed by atoms with Gasteiger partial charge in [0.25, 0.3) is 5.91 Å². The predicted molar refractivity (Wildman–Crippen MR) is 109 cm³/mol. The van der Waals surface area contributed by atoms with Crippen molar-refractivity contribution >= 4 is 29.0 Å². The Bertz CT molecular complexity index is 960. The van der Waals surface area contributed by atoms with Crippen LogP contribution in [-0.2, 0) is 6.61 Å². The minimum absolute atomic E-state index is 0.145. The van der Waals surface area contributed by atoms with Gasteiger partial charge in [-0.05, 0) is 36.8 Å². The minimum Gasteiger partial charge on any atom is -0.485 e. The molecular weight excluding hydrogens is 362 g/mol. The first-order valence-electron chi connectivity index (χ1n) is 8.48. The number of benzene rings is 2. The maximum atomic E-state index is 12.4. The standard InChI is InChI=1S/C21H20ClN3O2/c1-14-5-3-7-16(9-14)21(26)25-18-8-4-6-15(10-18)13-27-19-11-17(22)12-24-20(19)23-2/h3-12H,13H2,1-2H3,(H,23,24)(H,25,26). The van der Waals surface area contributed by atoms with Crippen molar-refractivity contribution < 1.29 is 9.53 Å². The second kappa shape index (κ2) is 8.56. The van der Waals surface area contributed by atoms with Crippen LogP contribution in [0.3, 0.4) is 0 Å². The number of aryl methyl sites for hydroxylation is 1. The Morgan fingerprint density at radius 1 is 1.15 bits per heavy atom. The summed E-state index contributed by atoms with van der Waals surface area (Å²) in [5, 5.41) is 6.39. The van der Waals surface area contributed by atoms with E-state index in [0.717, 1.165) is 11.1 Å². The number of carbonyl (C=O) groups excluding carboxylic acids is 1. The molecule has 3 aromatic rings. The number of halogens is 1. The zero-order chi connectivity index (χ0) is 19.2. The number of nitrogens with one attached hydrogen (secondary N) is 2. The van der Waals surface area contributed by atoms with Gasteiger partial charge in [-0.1, -0.05) is 41.4 Å². The normalized spacial score (nSPS) is 10.3. The minimum atomic E-state index is -0.145. The van der Waals surface area contributed by atoms with Gasteiger partial charge in [-0.2, -0.15) is 0 Å². The fraction of sp³-hybridized carbons (Fsp3) is 0.143. The second-order valence-corrected chi connectivity index (χ2v) is 6.50. The van der Waals surface area contributed by atoms with Gasteiger partial charge >= 0.3 is 0 Å². The Morgan fingerprint density at radius 2 is 1.96 bits per heavy atom. The van der Waals surface area contributed by atoms with Crippen LogP contribution < -0.4 is 15.4 Å². The monoisotopic (exact) mass is 381 g/mol. The number of amides is 1. The Morgan fingerprint density at radius 3 is 2.74 bits per heavy atom. The second-order valence-electron chi connectivity index (χ2n) is 6.06. The molecule has 1 aromatic heterocycles. The quantitative estimate of drug-likeness (QED) is 0.636. The molecule has 0 aliphatic rings. The highest BCUT2D eigenvalue weighted by Crippen LogP contribution is 2.26. The van der Waals surface area contributed by atoms with Crippen LogP contribution in [0.15, 0.2) is 60.8 Å². The molecule has 5 nitrogen and oxygen atoms in total. The first-order valence-corrected chi connectivity index (χ1v) is 8.86. The first kappa shape index (κ1) is 18.7. The molecule has 1 amide bonds. The molecule has 0 bridgehead atoms. The van der Waals surface area contributed by atoms with E-state index in [2.05, 4.69) is 15.6 Å². The van der Waals surface area contributed by atoms with E-state index in [1.54, 1.807) is 25.4 Å². The lowest BCUT2D eigenvalue weighted by atomic mass is 10.1. The number of carbonyl (C=O) groups is 1. The van der Waals surface area contributed by atoms with Gasteiger partial charge in [0, 0.05) is 30.6 Å². The summed E-state index contributed by atoms with van der Waals surface area (Å²) in [6.45, 7) is 2.28. The van der Waals surface area contributed by atoms with Crippen LogP contribution in [0.5, 0.6) is 5.75 Å². The van der Waals surface area contributed by atoms with Crippen LogP contribution in [0.4, 0.5) is 11.5 Å². The van der Waals surface area contributed by atoms with Crippen LogP contribution in [0, 0.1) is 6.92 Å². The number of hydrogen-bond acceptors (Lipinski definition) is 4. The molecule has 0 spiro atoms. The van der Waals surface area contributed by atoms with Crippen molar-refractivity contribution in [1.82, 2.24) is 4.98 Å². The van der Waals surface area contributed by atoms with E-state index in [1.807, 2.05) is 49.4 Å². The molecule has 6 heteroatoms. The zero-order valence-corrected chi connectivity index (χ0v) is 15.9. The maximum Gasteiger partial charge on any atom is 0.255 e. The molecule has 0 aliphatic heterocycles. The fourth-order valence-corrected chi connectivity index (χ4v) is 2.76. The van der Waals surface area contributed by atoms with E-state index in [1.165, 1.54) is 0 Å². The van der Waals surface area contributed by atoms with Crippen LogP contribution in [0.1, 0.15) is 21.5 Å². The number of rotatable bonds is 6. The fourth-order valence-electron chi connectivity index (χ4n) is 2.61. The maximum absolute atomic E-state index is 12.4. The molecule has 3 rings (SSSR count). The number of ether oxygens (including phenoxy) is 1. The third kappa shape index (κ3) is 4.99. The molecule has 0 aliphatic carbocycles. The lowest BCUT2D eigenvalue weighted by molar-refractivity contribution is 0.102. The van der Waals surface area contributed by atoms with Crippen molar-refractivity contribution in [3.8, 4) is 5.75 Å². The Kier molecular flexibility index (Phi) is 5.94. The van der Waals surface area contributed by atoms with Gasteiger partial charge in [-0.25, -0.2) is 4.98 Å². The summed E-state index contributed by atoms with van der Waals surface area (Å²) >= 11 is 5.99. The van der Waals surface area contributed by atoms with Gasteiger partial charge in [0.05, 0.1) is 5.02 Å². The van der Waals surface area contributed by atoms with E-state index >= 15 is 0 Å². The summed E-state index contributed by atoms with van der Waals surface area (Å²) in [6, 6.07) is 16.7. The molecule has 2 N–H and O–H groups in total. The molecule has 0 saturated carbocycles. The number of nitrogens with zero attached hydrogens (tertiary/aromatic N) is 1. The molecule has 27 heavy (non-hydrogen) atoms. The summed E-state index contributed by atoms with van der Waals surface area (Å²) in [5.74, 6) is 1.04. The highest BCUT2D eigenvalue weighted by molar-refractivity contribution is 6.30. The van der Waals surface area contributed by atoms with Crippen molar-refractivity contribution in [3.63, 3.8) is 0 Å². The highest BCUT2D eigenvalue weighted by Gasteiger charge is 2.08. The average Bonchev–Trinajstić information content (AvgIpc) is 2.67. The van der Waals surface area contributed by atoms with Crippen LogP contribution >= 0.6 is 11.6 Å². The zero-order valence-electron chi connectivity index (χ0n) is 15.1. The molecule has 2 aromatic carbocycles. The molecule has 1 heterocycles. The molecule has 0 atom stereocenters. The third-order valence-electron chi connectivity index (χ3n) is 3.92. The summed E-state index contributed by atoms with van der Waals surface area (Å²) in [5.41, 5.74) is 3.29. The van der Waals surface area contributed by atoms with Gasteiger partial charge in [-0.15, -0.1) is 0 Å². The van der Waals surface area contributed by atoms with E-state index in [0.29, 0.717) is 34.4 Å². The van der Waals surface area contributed by atoms with Gasteiger partial charge < -0.3 is 15.4 Å². The lowest BCUT2D eigenvalue weighted by Crippen LogP contribution is -2.12. The molecule has 0 unspecified atom stereocenters. The van der Waals surface area contributed by atoms with Gasteiger partial charge in [-0.3, -0.25) is 4.79 Å². The topological polar surface area (TPSA) is 63.3 Å². The molecule has 0 fully saturated rings. The van der Waals surface area contributed by atoms with E-state index in [-0.39, 0.29) is 5.91 Å². The number of pyridine rings is 1. The van der Waals surface area contributed by atoms with Crippen molar-refractivity contribution in [1.29, 1.82) is 0 Å². The van der Waals surface area contributed by atoms with Crippen molar-refractivity contribution in [3.05, 3.63) is 82.5 Å². The highest BCUT2D eigenvalue weighted by atomic mass is 35.5. The third-order valence-corrected chi connectivity index (χ3v) is 4.12. The predicted octanol–water partition coefficient (Wildman–Crippen LogP) is 4.92. The summed E-state index contributed by atoms with van der Waals surface area (Å²) in [6.07, 6.45) is 1.56. The summed E-state index contributed by atoms with van der Waals surface area (Å²) < 4.78 is 5.83. The van der Waals surface area contributed by atoms with Crippen molar-refractivity contribution in [2.75, 3.05) is 17.7 Å². The molecule has 0 radical (unpaired) electrons. The Labute approximate surface area is 163 Å². The summed E-state index contributed by atoms with van der Waals surface area (Å²) in [7, 11) is 1.77. The van der Waals surface area contributed by atoms with Crippen LogP contribution in [-0.4, -0.2) is 17.9 Å². The van der Waals surface area contributed by atoms with Gasteiger partial charge in [0.15, 0.2) is 11.6 Å². The van der Waals surface area contributed by atoms with Gasteiger partial charge in [0.2, 0.25) is 0 Å². The number of hydrogen-bond donors (Lipinski definition) is 2. The first-order chi connectivity index (χ1) is 13.0. The Hall–Kier alpha value is -3.05.